The quantitative estimate of drug-likeness (QED) is 0.810. The number of nitriles is 1. The summed E-state index contributed by atoms with van der Waals surface area (Å²) in [5, 5.41) is 12.7. The molecular formula is C13H16N2. The van der Waals surface area contributed by atoms with E-state index in [1.54, 1.807) is 0 Å². The van der Waals surface area contributed by atoms with E-state index in [0.29, 0.717) is 0 Å². The Morgan fingerprint density at radius 2 is 1.93 bits per heavy atom. The van der Waals surface area contributed by atoms with Gasteiger partial charge in [0.25, 0.3) is 0 Å². The second kappa shape index (κ2) is 4.04. The lowest BCUT2D eigenvalue weighted by Crippen LogP contribution is -2.45. The molecule has 2 nitrogen and oxygen atoms in total. The van der Waals surface area contributed by atoms with Crippen molar-refractivity contribution in [2.75, 3.05) is 6.54 Å². The molecule has 0 amide bonds. The van der Waals surface area contributed by atoms with Crippen LogP contribution in [0.15, 0.2) is 24.3 Å². The monoisotopic (exact) mass is 200 g/mol. The Bertz CT molecular complexity index is 365. The first-order valence-electron chi connectivity index (χ1n) is 5.53. The van der Waals surface area contributed by atoms with Crippen LogP contribution in [-0.4, -0.2) is 12.1 Å². The van der Waals surface area contributed by atoms with Gasteiger partial charge in [-0.25, -0.2) is 0 Å². The van der Waals surface area contributed by atoms with E-state index in [2.05, 4.69) is 30.4 Å². The Morgan fingerprint density at radius 3 is 2.40 bits per heavy atom. The molecule has 78 valence electrons. The minimum atomic E-state index is -0.348. The van der Waals surface area contributed by atoms with Crippen LogP contribution < -0.4 is 5.32 Å². The number of benzene rings is 1. The first kappa shape index (κ1) is 10.2. The average molecular weight is 200 g/mol. The molecular weight excluding hydrogens is 184 g/mol. The van der Waals surface area contributed by atoms with Crippen molar-refractivity contribution in [2.24, 2.45) is 0 Å². The van der Waals surface area contributed by atoms with Crippen molar-refractivity contribution in [3.8, 4) is 6.07 Å². The van der Waals surface area contributed by atoms with E-state index in [1.165, 1.54) is 11.1 Å². The summed E-state index contributed by atoms with van der Waals surface area (Å²) in [6.07, 6.45) is 2.76. The van der Waals surface area contributed by atoms with Crippen LogP contribution in [0.25, 0.3) is 0 Å². The average Bonchev–Trinajstić information content (AvgIpc) is 2.65. The smallest absolute Gasteiger partial charge is 0.114 e. The molecule has 0 aromatic heterocycles. The molecule has 0 saturated carbocycles. The first-order valence-corrected chi connectivity index (χ1v) is 5.53. The minimum absolute atomic E-state index is 0.348. The molecule has 0 spiro atoms. The molecule has 0 bridgehead atoms. The zero-order valence-corrected chi connectivity index (χ0v) is 9.09. The zero-order valence-electron chi connectivity index (χ0n) is 9.09. The van der Waals surface area contributed by atoms with Gasteiger partial charge in [-0.1, -0.05) is 31.2 Å². The molecule has 1 N–H and O–H groups in total. The van der Waals surface area contributed by atoms with Crippen molar-refractivity contribution < 1.29 is 0 Å². The fraction of sp³-hybridized carbons (Fsp3) is 0.462. The third-order valence-corrected chi connectivity index (χ3v) is 3.03. The van der Waals surface area contributed by atoms with Crippen LogP contribution in [0.4, 0.5) is 0 Å². The van der Waals surface area contributed by atoms with Gasteiger partial charge in [0.15, 0.2) is 0 Å². The van der Waals surface area contributed by atoms with E-state index in [4.69, 9.17) is 0 Å². The second-order valence-corrected chi connectivity index (χ2v) is 4.24. The summed E-state index contributed by atoms with van der Waals surface area (Å²) in [6.45, 7) is 3.04. The van der Waals surface area contributed by atoms with Crippen molar-refractivity contribution in [3.05, 3.63) is 35.4 Å². The Morgan fingerprint density at radius 1 is 1.33 bits per heavy atom. The maximum atomic E-state index is 9.30. The largest absolute Gasteiger partial charge is 0.299 e. The predicted octanol–water partition coefficient (Wildman–Crippen LogP) is 2.05. The Kier molecular flexibility index (Phi) is 2.75. The second-order valence-electron chi connectivity index (χ2n) is 4.24. The van der Waals surface area contributed by atoms with Crippen LogP contribution in [0.3, 0.4) is 0 Å². The van der Waals surface area contributed by atoms with Gasteiger partial charge in [0, 0.05) is 12.8 Å². The molecule has 1 aromatic rings. The fourth-order valence-electron chi connectivity index (χ4n) is 2.22. The lowest BCUT2D eigenvalue weighted by atomic mass is 9.98. The molecule has 0 fully saturated rings. The van der Waals surface area contributed by atoms with E-state index < -0.39 is 0 Å². The summed E-state index contributed by atoms with van der Waals surface area (Å²) in [4.78, 5) is 0. The van der Waals surface area contributed by atoms with Crippen molar-refractivity contribution >= 4 is 0 Å². The molecule has 0 aliphatic heterocycles. The minimum Gasteiger partial charge on any atom is -0.299 e. The normalized spacial score (nSPS) is 17.1. The lowest BCUT2D eigenvalue weighted by Gasteiger charge is -2.21. The van der Waals surface area contributed by atoms with Gasteiger partial charge in [0.1, 0.15) is 5.54 Å². The van der Waals surface area contributed by atoms with Gasteiger partial charge in [-0.15, -0.1) is 0 Å². The molecule has 1 aliphatic carbocycles. The van der Waals surface area contributed by atoms with E-state index in [9.17, 15) is 5.26 Å². The number of nitrogens with one attached hydrogen (secondary N) is 1. The van der Waals surface area contributed by atoms with Gasteiger partial charge >= 0.3 is 0 Å². The predicted molar refractivity (Wildman–Crippen MR) is 60.5 cm³/mol. The fourth-order valence-corrected chi connectivity index (χ4v) is 2.22. The molecule has 0 unspecified atom stereocenters. The molecule has 15 heavy (non-hydrogen) atoms. The topological polar surface area (TPSA) is 35.8 Å². The molecule has 0 saturated heterocycles. The Hall–Kier alpha value is -1.33. The van der Waals surface area contributed by atoms with Crippen LogP contribution in [0.1, 0.15) is 24.5 Å². The van der Waals surface area contributed by atoms with Crippen LogP contribution in [0.2, 0.25) is 0 Å². The summed E-state index contributed by atoms with van der Waals surface area (Å²) in [5.41, 5.74) is 2.30. The van der Waals surface area contributed by atoms with Crippen LogP contribution >= 0.6 is 0 Å². The highest BCUT2D eigenvalue weighted by molar-refractivity contribution is 5.39. The summed E-state index contributed by atoms with van der Waals surface area (Å²) in [5.74, 6) is 0. The summed E-state index contributed by atoms with van der Waals surface area (Å²) in [7, 11) is 0. The van der Waals surface area contributed by atoms with E-state index in [0.717, 1.165) is 25.8 Å². The zero-order chi connectivity index (χ0) is 10.7. The molecule has 2 heteroatoms. The maximum absolute atomic E-state index is 9.30. The molecule has 1 aliphatic rings. The van der Waals surface area contributed by atoms with Gasteiger partial charge in [-0.2, -0.15) is 5.26 Å². The molecule has 0 radical (unpaired) electrons. The lowest BCUT2D eigenvalue weighted by molar-refractivity contribution is 0.431. The van der Waals surface area contributed by atoms with Crippen molar-refractivity contribution in [1.82, 2.24) is 5.32 Å². The van der Waals surface area contributed by atoms with E-state index in [1.807, 2.05) is 12.1 Å². The number of rotatable bonds is 3. The third-order valence-electron chi connectivity index (χ3n) is 3.03. The van der Waals surface area contributed by atoms with Crippen LogP contribution in [0, 0.1) is 11.3 Å². The van der Waals surface area contributed by atoms with Crippen molar-refractivity contribution in [2.45, 2.75) is 31.7 Å². The molecule has 2 rings (SSSR count). The van der Waals surface area contributed by atoms with E-state index in [-0.39, 0.29) is 5.54 Å². The standard InChI is InChI=1S/C13H16N2/c1-2-7-15-13(10-14)8-11-5-3-4-6-12(11)9-13/h3-6,15H,2,7-9H2,1H3. The van der Waals surface area contributed by atoms with Gasteiger partial charge in [0.2, 0.25) is 0 Å². The summed E-state index contributed by atoms with van der Waals surface area (Å²) < 4.78 is 0. The SMILES string of the molecule is CCCNC1(C#N)Cc2ccccc2C1. The number of fused-ring (bicyclic) bond motifs is 1. The number of nitrogens with zero attached hydrogens (tertiary/aromatic N) is 1. The highest BCUT2D eigenvalue weighted by atomic mass is 15.0. The third kappa shape index (κ3) is 1.88. The Balaban J connectivity index is 2.19. The van der Waals surface area contributed by atoms with Gasteiger partial charge < -0.3 is 0 Å². The van der Waals surface area contributed by atoms with Gasteiger partial charge in [-0.05, 0) is 24.1 Å². The van der Waals surface area contributed by atoms with Crippen LogP contribution in [0.5, 0.6) is 0 Å². The number of hydrogen-bond donors (Lipinski definition) is 1. The molecule has 0 atom stereocenters. The van der Waals surface area contributed by atoms with Crippen molar-refractivity contribution in [3.63, 3.8) is 0 Å². The summed E-state index contributed by atoms with van der Waals surface area (Å²) >= 11 is 0. The molecule has 0 heterocycles. The Labute approximate surface area is 90.9 Å². The van der Waals surface area contributed by atoms with Crippen LogP contribution in [-0.2, 0) is 12.8 Å². The highest BCUT2D eigenvalue weighted by Gasteiger charge is 2.36. The van der Waals surface area contributed by atoms with Gasteiger partial charge in [-0.3, -0.25) is 5.32 Å². The molecule has 1 aromatic carbocycles. The number of hydrogen-bond acceptors (Lipinski definition) is 2. The van der Waals surface area contributed by atoms with Crippen molar-refractivity contribution in [1.29, 1.82) is 5.26 Å². The summed E-state index contributed by atoms with van der Waals surface area (Å²) in [6, 6.07) is 10.8. The highest BCUT2D eigenvalue weighted by Crippen LogP contribution is 2.29. The van der Waals surface area contributed by atoms with E-state index >= 15 is 0 Å². The first-order chi connectivity index (χ1) is 7.29. The van der Waals surface area contributed by atoms with Gasteiger partial charge in [0.05, 0.1) is 6.07 Å². The maximum Gasteiger partial charge on any atom is 0.114 e.